The lowest BCUT2D eigenvalue weighted by atomic mass is 9.88. The van der Waals surface area contributed by atoms with Crippen LogP contribution >= 0.6 is 0 Å². The van der Waals surface area contributed by atoms with E-state index < -0.39 is 0 Å². The molecule has 3 rings (SSSR count). The van der Waals surface area contributed by atoms with Crippen molar-refractivity contribution in [3.05, 3.63) is 65.2 Å². The number of hydrazine groups is 1. The molecule has 2 aromatic rings. The number of hydrazone groups is 1. The average molecular weight is 377 g/mol. The number of carbonyl (C=O) groups excluding carboxylic acids is 1. The molecule has 2 N–H and O–H groups in total. The molecule has 0 spiro atoms. The van der Waals surface area contributed by atoms with Crippen molar-refractivity contribution in [3.8, 4) is 0 Å². The van der Waals surface area contributed by atoms with Gasteiger partial charge in [-0.25, -0.2) is 10.0 Å². The zero-order valence-electron chi connectivity index (χ0n) is 17.0. The highest BCUT2D eigenvalue weighted by molar-refractivity contribution is 6.17. The first-order valence-corrected chi connectivity index (χ1v) is 9.50. The summed E-state index contributed by atoms with van der Waals surface area (Å²) in [6.45, 7) is 8.13. The summed E-state index contributed by atoms with van der Waals surface area (Å²) in [5.41, 5.74) is 10.3. The van der Waals surface area contributed by atoms with Gasteiger partial charge in [0.25, 0.3) is 0 Å². The Labute approximate surface area is 166 Å². The average Bonchev–Trinajstić information content (AvgIpc) is 2.82. The third-order valence-electron chi connectivity index (χ3n) is 4.98. The van der Waals surface area contributed by atoms with Crippen LogP contribution in [0.1, 0.15) is 50.3 Å². The van der Waals surface area contributed by atoms with Gasteiger partial charge in [-0.1, -0.05) is 57.2 Å². The molecule has 1 atom stereocenters. The number of hydrogen-bond donors (Lipinski definition) is 2. The predicted molar refractivity (Wildman–Crippen MR) is 114 cm³/mol. The second kappa shape index (κ2) is 8.25. The minimum absolute atomic E-state index is 0.200. The van der Waals surface area contributed by atoms with E-state index in [2.05, 4.69) is 43.8 Å². The lowest BCUT2D eigenvalue weighted by molar-refractivity contribution is -0.119. The Morgan fingerprint density at radius 2 is 1.79 bits per heavy atom. The Morgan fingerprint density at radius 1 is 1.07 bits per heavy atom. The van der Waals surface area contributed by atoms with E-state index in [4.69, 9.17) is 10.1 Å². The number of guanidine groups is 1. The van der Waals surface area contributed by atoms with Crippen molar-refractivity contribution in [2.24, 2.45) is 16.0 Å². The molecule has 0 aromatic heterocycles. The first-order valence-electron chi connectivity index (χ1n) is 9.50. The van der Waals surface area contributed by atoms with Gasteiger partial charge in [-0.2, -0.15) is 5.10 Å². The summed E-state index contributed by atoms with van der Waals surface area (Å²) in [7, 11) is 1.81. The van der Waals surface area contributed by atoms with Gasteiger partial charge in [0.15, 0.2) is 0 Å². The number of rotatable bonds is 3. The van der Waals surface area contributed by atoms with Gasteiger partial charge >= 0.3 is 0 Å². The van der Waals surface area contributed by atoms with Crippen LogP contribution in [0.4, 0.5) is 5.69 Å². The molecule has 1 amide bonds. The van der Waals surface area contributed by atoms with E-state index in [0.717, 1.165) is 22.5 Å². The number of hydrogen-bond acceptors (Lipinski definition) is 5. The zero-order valence-corrected chi connectivity index (χ0v) is 17.0. The van der Waals surface area contributed by atoms with Crippen LogP contribution < -0.4 is 10.9 Å². The van der Waals surface area contributed by atoms with Crippen molar-refractivity contribution >= 4 is 23.3 Å². The smallest absolute Gasteiger partial charge is 0.238 e. The number of aliphatic imine (C=N–C) groups is 1. The van der Waals surface area contributed by atoms with Gasteiger partial charge in [0, 0.05) is 25.1 Å². The molecule has 6 heteroatoms. The maximum atomic E-state index is 11.3. The SMILES string of the molecule is CC(=O)NNC1=Nc2ccc(C(C)C(C)C)cc2C(c2ccccc2)=NN1C. The Bertz CT molecular complexity index is 918. The number of nitrogens with zero attached hydrogens (tertiary/aromatic N) is 3. The van der Waals surface area contributed by atoms with E-state index in [1.165, 1.54) is 12.5 Å². The largest absolute Gasteiger partial charge is 0.274 e. The minimum atomic E-state index is -0.200. The van der Waals surface area contributed by atoms with Gasteiger partial charge in [-0.05, 0) is 29.5 Å². The molecule has 0 saturated heterocycles. The van der Waals surface area contributed by atoms with E-state index >= 15 is 0 Å². The third-order valence-corrected chi connectivity index (χ3v) is 4.98. The summed E-state index contributed by atoms with van der Waals surface area (Å²) in [6, 6.07) is 16.4. The van der Waals surface area contributed by atoms with Gasteiger partial charge < -0.3 is 0 Å². The third kappa shape index (κ3) is 4.22. The molecule has 1 unspecified atom stereocenters. The van der Waals surface area contributed by atoms with E-state index in [1.54, 1.807) is 12.1 Å². The summed E-state index contributed by atoms with van der Waals surface area (Å²) < 4.78 is 0. The molecule has 1 aliphatic heterocycles. The number of amides is 1. The van der Waals surface area contributed by atoms with Gasteiger partial charge in [-0.3, -0.25) is 15.6 Å². The molecule has 0 radical (unpaired) electrons. The summed E-state index contributed by atoms with van der Waals surface area (Å²) in [5, 5.41) is 6.44. The molecule has 146 valence electrons. The zero-order chi connectivity index (χ0) is 20.3. The van der Waals surface area contributed by atoms with Crippen LogP contribution in [0.15, 0.2) is 58.6 Å². The number of benzene rings is 2. The molecule has 2 aromatic carbocycles. The van der Waals surface area contributed by atoms with Crippen LogP contribution in [0, 0.1) is 5.92 Å². The molecular weight excluding hydrogens is 350 g/mol. The van der Waals surface area contributed by atoms with Crippen LogP contribution in [0.3, 0.4) is 0 Å². The van der Waals surface area contributed by atoms with E-state index in [1.807, 2.05) is 36.4 Å². The normalized spacial score (nSPS) is 14.6. The molecule has 1 aliphatic rings. The van der Waals surface area contributed by atoms with E-state index in [-0.39, 0.29) is 5.91 Å². The van der Waals surface area contributed by atoms with Crippen molar-refractivity contribution in [3.63, 3.8) is 0 Å². The highest BCUT2D eigenvalue weighted by Crippen LogP contribution is 2.32. The Balaban J connectivity index is 2.14. The van der Waals surface area contributed by atoms with Crippen LogP contribution in [0.2, 0.25) is 0 Å². The highest BCUT2D eigenvalue weighted by Gasteiger charge is 2.21. The van der Waals surface area contributed by atoms with Gasteiger partial charge in [-0.15, -0.1) is 0 Å². The first-order chi connectivity index (χ1) is 13.4. The van der Waals surface area contributed by atoms with E-state index in [0.29, 0.717) is 17.8 Å². The molecule has 0 saturated carbocycles. The predicted octanol–water partition coefficient (Wildman–Crippen LogP) is 3.77. The Kier molecular flexibility index (Phi) is 5.78. The molecular formula is C22H27N5O. The highest BCUT2D eigenvalue weighted by atomic mass is 16.2. The summed E-state index contributed by atoms with van der Waals surface area (Å²) in [6.07, 6.45) is 0. The summed E-state index contributed by atoms with van der Waals surface area (Å²) in [4.78, 5) is 16.0. The number of fused-ring (bicyclic) bond motifs is 1. The Morgan fingerprint density at radius 3 is 2.43 bits per heavy atom. The summed E-state index contributed by atoms with van der Waals surface area (Å²) in [5.74, 6) is 1.20. The lowest BCUT2D eigenvalue weighted by Crippen LogP contribution is -2.46. The van der Waals surface area contributed by atoms with Gasteiger partial charge in [0.05, 0.1) is 5.69 Å². The van der Waals surface area contributed by atoms with Crippen LogP contribution in [-0.4, -0.2) is 29.6 Å². The standard InChI is InChI=1S/C22H27N5O/c1-14(2)15(3)18-11-12-20-19(13-18)21(17-9-7-6-8-10-17)26-27(5)22(23-20)25-24-16(4)28/h6-15H,1-5H3,(H,23,25)(H,24,28). The van der Waals surface area contributed by atoms with E-state index in [9.17, 15) is 4.79 Å². The Hall–Kier alpha value is -3.15. The van der Waals surface area contributed by atoms with Crippen molar-refractivity contribution in [2.75, 3.05) is 7.05 Å². The van der Waals surface area contributed by atoms with Crippen molar-refractivity contribution < 1.29 is 4.79 Å². The quantitative estimate of drug-likeness (QED) is 0.800. The van der Waals surface area contributed by atoms with Crippen LogP contribution in [0.25, 0.3) is 0 Å². The molecule has 0 fully saturated rings. The minimum Gasteiger partial charge on any atom is -0.274 e. The molecule has 0 bridgehead atoms. The fourth-order valence-corrected chi connectivity index (χ4v) is 3.01. The van der Waals surface area contributed by atoms with Gasteiger partial charge in [0.1, 0.15) is 5.71 Å². The number of nitrogens with one attached hydrogen (secondary N) is 2. The number of carbonyl (C=O) groups is 1. The maximum absolute atomic E-state index is 11.3. The fraction of sp³-hybridized carbons (Fsp3) is 0.318. The summed E-state index contributed by atoms with van der Waals surface area (Å²) >= 11 is 0. The molecule has 28 heavy (non-hydrogen) atoms. The molecule has 6 nitrogen and oxygen atoms in total. The fourth-order valence-electron chi connectivity index (χ4n) is 3.01. The van der Waals surface area contributed by atoms with Crippen molar-refractivity contribution in [1.82, 2.24) is 15.9 Å². The van der Waals surface area contributed by atoms with Crippen molar-refractivity contribution in [2.45, 2.75) is 33.6 Å². The molecule has 0 aliphatic carbocycles. The second-order valence-corrected chi connectivity index (χ2v) is 7.39. The van der Waals surface area contributed by atoms with Crippen LogP contribution in [-0.2, 0) is 4.79 Å². The second-order valence-electron chi connectivity index (χ2n) is 7.39. The first kappa shape index (κ1) is 19.6. The maximum Gasteiger partial charge on any atom is 0.238 e. The van der Waals surface area contributed by atoms with Gasteiger partial charge in [0.2, 0.25) is 11.9 Å². The monoisotopic (exact) mass is 377 g/mol. The topological polar surface area (TPSA) is 69.1 Å². The molecule has 1 heterocycles. The van der Waals surface area contributed by atoms with Crippen molar-refractivity contribution in [1.29, 1.82) is 0 Å². The lowest BCUT2D eigenvalue weighted by Gasteiger charge is -2.18. The van der Waals surface area contributed by atoms with Crippen LogP contribution in [0.5, 0.6) is 0 Å².